The Hall–Kier alpha value is -4.12. The van der Waals surface area contributed by atoms with Crippen LogP contribution in [0.1, 0.15) is 25.8 Å². The second-order valence-corrected chi connectivity index (χ2v) is 10.7. The highest BCUT2D eigenvalue weighted by Gasteiger charge is 2.33. The van der Waals surface area contributed by atoms with E-state index in [9.17, 15) is 22.4 Å². The SMILES string of the molecule is CCOc1ccc(S(=O)(=O)N(CC(=O)N(Cc2ccc(OC)cc2)C(CC)C(=O)NC)c2ccc(F)cc2)cc1. The highest BCUT2D eigenvalue weighted by molar-refractivity contribution is 7.92. The van der Waals surface area contributed by atoms with Gasteiger partial charge in [-0.1, -0.05) is 19.1 Å². The second kappa shape index (κ2) is 13.8. The van der Waals surface area contributed by atoms with Crippen LogP contribution in [0.4, 0.5) is 10.1 Å². The van der Waals surface area contributed by atoms with Crippen LogP contribution in [-0.4, -0.2) is 58.5 Å². The number of hydrogen-bond acceptors (Lipinski definition) is 6. The fourth-order valence-electron chi connectivity index (χ4n) is 4.15. The molecule has 0 aliphatic rings. The zero-order valence-electron chi connectivity index (χ0n) is 23.0. The van der Waals surface area contributed by atoms with E-state index in [2.05, 4.69) is 5.32 Å². The van der Waals surface area contributed by atoms with Crippen molar-refractivity contribution < 1.29 is 31.9 Å². The highest BCUT2D eigenvalue weighted by Crippen LogP contribution is 2.26. The molecule has 0 aromatic heterocycles. The number of carbonyl (C=O) groups excluding carboxylic acids is 2. The molecule has 0 aliphatic heterocycles. The van der Waals surface area contributed by atoms with E-state index in [1.807, 2.05) is 6.92 Å². The number of likely N-dealkylation sites (N-methyl/N-ethyl adjacent to an activating group) is 1. The van der Waals surface area contributed by atoms with Crippen LogP contribution in [0.2, 0.25) is 0 Å². The normalized spacial score (nSPS) is 11.8. The molecular formula is C29H34FN3O6S. The topological polar surface area (TPSA) is 105 Å². The second-order valence-electron chi connectivity index (χ2n) is 8.80. The van der Waals surface area contributed by atoms with Gasteiger partial charge in [-0.25, -0.2) is 12.8 Å². The Bertz CT molecular complexity index is 1380. The number of nitrogens with one attached hydrogen (secondary N) is 1. The van der Waals surface area contributed by atoms with Crippen molar-refractivity contribution >= 4 is 27.5 Å². The molecule has 9 nitrogen and oxygen atoms in total. The maximum absolute atomic E-state index is 13.9. The number of methoxy groups -OCH3 is 1. The zero-order valence-corrected chi connectivity index (χ0v) is 23.8. The van der Waals surface area contributed by atoms with Crippen LogP contribution < -0.4 is 19.1 Å². The van der Waals surface area contributed by atoms with Crippen molar-refractivity contribution in [3.63, 3.8) is 0 Å². The van der Waals surface area contributed by atoms with Crippen LogP contribution in [0, 0.1) is 5.82 Å². The molecule has 0 aliphatic carbocycles. The van der Waals surface area contributed by atoms with Gasteiger partial charge in [0.25, 0.3) is 10.0 Å². The number of carbonyl (C=O) groups is 2. The van der Waals surface area contributed by atoms with E-state index in [0.29, 0.717) is 24.5 Å². The summed E-state index contributed by atoms with van der Waals surface area (Å²) in [5.41, 5.74) is 0.820. The summed E-state index contributed by atoms with van der Waals surface area (Å²) in [4.78, 5) is 27.9. The molecule has 11 heteroatoms. The van der Waals surface area contributed by atoms with Gasteiger partial charge in [-0.3, -0.25) is 13.9 Å². The van der Waals surface area contributed by atoms with Crippen molar-refractivity contribution in [2.45, 2.75) is 37.8 Å². The summed E-state index contributed by atoms with van der Waals surface area (Å²) in [6.45, 7) is 3.42. The van der Waals surface area contributed by atoms with Gasteiger partial charge < -0.3 is 19.7 Å². The molecule has 0 radical (unpaired) electrons. The minimum Gasteiger partial charge on any atom is -0.497 e. The molecule has 3 rings (SSSR count). The van der Waals surface area contributed by atoms with Crippen LogP contribution in [0.15, 0.2) is 77.7 Å². The Labute approximate surface area is 234 Å². The summed E-state index contributed by atoms with van der Waals surface area (Å²) < 4.78 is 52.9. The lowest BCUT2D eigenvalue weighted by molar-refractivity contribution is -0.140. The number of hydrogen-bond donors (Lipinski definition) is 1. The van der Waals surface area contributed by atoms with Crippen LogP contribution in [0.5, 0.6) is 11.5 Å². The minimum atomic E-state index is -4.28. The maximum Gasteiger partial charge on any atom is 0.264 e. The summed E-state index contributed by atoms with van der Waals surface area (Å²) in [5, 5.41) is 2.58. The monoisotopic (exact) mass is 571 g/mol. The molecule has 1 atom stereocenters. The first-order chi connectivity index (χ1) is 19.1. The van der Waals surface area contributed by atoms with Crippen molar-refractivity contribution in [2.24, 2.45) is 0 Å². The molecule has 0 heterocycles. The third-order valence-electron chi connectivity index (χ3n) is 6.26. The maximum atomic E-state index is 13.9. The average Bonchev–Trinajstić information content (AvgIpc) is 2.96. The molecule has 0 saturated heterocycles. The van der Waals surface area contributed by atoms with Gasteiger partial charge in [-0.15, -0.1) is 0 Å². The van der Waals surface area contributed by atoms with Crippen molar-refractivity contribution in [1.29, 1.82) is 0 Å². The van der Waals surface area contributed by atoms with E-state index in [4.69, 9.17) is 9.47 Å². The molecule has 1 unspecified atom stereocenters. The number of anilines is 1. The first-order valence-electron chi connectivity index (χ1n) is 12.8. The van der Waals surface area contributed by atoms with E-state index in [-0.39, 0.29) is 23.0 Å². The van der Waals surface area contributed by atoms with Gasteiger partial charge in [0.15, 0.2) is 0 Å². The van der Waals surface area contributed by atoms with Gasteiger partial charge in [0.05, 0.1) is 24.3 Å². The van der Waals surface area contributed by atoms with E-state index < -0.39 is 34.3 Å². The van der Waals surface area contributed by atoms with E-state index in [0.717, 1.165) is 22.0 Å². The Kier molecular flexibility index (Phi) is 10.5. The van der Waals surface area contributed by atoms with E-state index in [1.54, 1.807) is 38.3 Å². The predicted octanol–water partition coefficient (Wildman–Crippen LogP) is 3.98. The van der Waals surface area contributed by atoms with Gasteiger partial charge in [0.2, 0.25) is 11.8 Å². The summed E-state index contributed by atoms with van der Waals surface area (Å²) in [5.74, 6) is -0.422. The van der Waals surface area contributed by atoms with Gasteiger partial charge in [-0.05, 0) is 79.6 Å². The first kappa shape index (κ1) is 30.4. The Balaban J connectivity index is 2.03. The Morgan fingerprint density at radius 3 is 2.05 bits per heavy atom. The highest BCUT2D eigenvalue weighted by atomic mass is 32.2. The zero-order chi connectivity index (χ0) is 29.3. The molecule has 0 saturated carbocycles. The predicted molar refractivity (Wildman–Crippen MR) is 150 cm³/mol. The number of nitrogens with zero attached hydrogens (tertiary/aromatic N) is 2. The van der Waals surface area contributed by atoms with Gasteiger partial charge in [0, 0.05) is 13.6 Å². The number of sulfonamides is 1. The van der Waals surface area contributed by atoms with E-state index in [1.165, 1.54) is 48.3 Å². The van der Waals surface area contributed by atoms with Crippen LogP contribution >= 0.6 is 0 Å². The van der Waals surface area contributed by atoms with Crippen molar-refractivity contribution in [3.8, 4) is 11.5 Å². The molecule has 40 heavy (non-hydrogen) atoms. The number of ether oxygens (including phenoxy) is 2. The van der Waals surface area contributed by atoms with Crippen molar-refractivity contribution in [3.05, 3.63) is 84.2 Å². The molecule has 0 fully saturated rings. The lowest BCUT2D eigenvalue weighted by atomic mass is 10.1. The van der Waals surface area contributed by atoms with Gasteiger partial charge in [0.1, 0.15) is 29.9 Å². The fourth-order valence-corrected chi connectivity index (χ4v) is 5.57. The largest absolute Gasteiger partial charge is 0.497 e. The Morgan fingerprint density at radius 1 is 0.925 bits per heavy atom. The summed E-state index contributed by atoms with van der Waals surface area (Å²) >= 11 is 0. The number of halogens is 1. The molecule has 0 spiro atoms. The summed E-state index contributed by atoms with van der Waals surface area (Å²) in [7, 11) is -1.26. The smallest absolute Gasteiger partial charge is 0.264 e. The number of amides is 2. The molecule has 3 aromatic rings. The Morgan fingerprint density at radius 2 is 1.52 bits per heavy atom. The average molecular weight is 572 g/mol. The molecular weight excluding hydrogens is 537 g/mol. The van der Waals surface area contributed by atoms with E-state index >= 15 is 0 Å². The first-order valence-corrected chi connectivity index (χ1v) is 14.2. The molecule has 1 N–H and O–H groups in total. The molecule has 2 amide bonds. The third-order valence-corrected chi connectivity index (χ3v) is 8.05. The van der Waals surface area contributed by atoms with Crippen LogP contribution in [0.3, 0.4) is 0 Å². The molecule has 3 aromatic carbocycles. The fraction of sp³-hybridized carbons (Fsp3) is 0.310. The summed E-state index contributed by atoms with van der Waals surface area (Å²) in [6.07, 6.45) is 0.295. The van der Waals surface area contributed by atoms with Crippen LogP contribution in [-0.2, 0) is 26.2 Å². The standard InChI is InChI=1S/C29H34FN3O6S/c1-5-27(29(35)31-3)32(19-21-7-13-24(38-4)14-8-21)28(34)20-33(23-11-9-22(30)10-12-23)40(36,37)26-17-15-25(16-18-26)39-6-2/h7-18,27H,5-6,19-20H2,1-4H3,(H,31,35). The molecule has 0 bridgehead atoms. The van der Waals surface area contributed by atoms with Crippen molar-refractivity contribution in [2.75, 3.05) is 31.6 Å². The lowest BCUT2D eigenvalue weighted by Crippen LogP contribution is -2.51. The summed E-state index contributed by atoms with van der Waals surface area (Å²) in [6, 6.07) is 16.8. The minimum absolute atomic E-state index is 0.0507. The lowest BCUT2D eigenvalue weighted by Gasteiger charge is -2.33. The third kappa shape index (κ3) is 7.29. The number of rotatable bonds is 13. The quantitative estimate of drug-likeness (QED) is 0.333. The molecule has 214 valence electrons. The van der Waals surface area contributed by atoms with Gasteiger partial charge in [-0.2, -0.15) is 0 Å². The number of benzene rings is 3. The van der Waals surface area contributed by atoms with Crippen LogP contribution in [0.25, 0.3) is 0 Å². The van der Waals surface area contributed by atoms with Crippen molar-refractivity contribution in [1.82, 2.24) is 10.2 Å². The van der Waals surface area contributed by atoms with Gasteiger partial charge >= 0.3 is 0 Å².